The van der Waals surface area contributed by atoms with Gasteiger partial charge < -0.3 is 4.74 Å². The third-order valence-corrected chi connectivity index (χ3v) is 5.39. The molecule has 0 spiro atoms. The summed E-state index contributed by atoms with van der Waals surface area (Å²) in [4.78, 5) is 23.5. The zero-order valence-corrected chi connectivity index (χ0v) is 12.9. The minimum Gasteiger partial charge on any atom is -0.463 e. The van der Waals surface area contributed by atoms with Crippen LogP contribution in [0.4, 0.5) is 0 Å². The molecule has 0 heterocycles. The molecular formula is C17H26O3. The molecule has 0 aromatic heterocycles. The Hall–Kier alpha value is -1.12. The minimum absolute atomic E-state index is 0.133. The van der Waals surface area contributed by atoms with Gasteiger partial charge in [-0.15, -0.1) is 0 Å². The third kappa shape index (κ3) is 2.82. The Bertz CT molecular complexity index is 412. The van der Waals surface area contributed by atoms with E-state index in [9.17, 15) is 9.59 Å². The molecule has 2 aliphatic rings. The van der Waals surface area contributed by atoms with E-state index in [1.54, 1.807) is 6.08 Å². The summed E-state index contributed by atoms with van der Waals surface area (Å²) in [6, 6.07) is 0. The lowest BCUT2D eigenvalue weighted by Crippen LogP contribution is -2.39. The van der Waals surface area contributed by atoms with Gasteiger partial charge in [-0.2, -0.15) is 0 Å². The topological polar surface area (TPSA) is 43.4 Å². The van der Waals surface area contributed by atoms with Crippen LogP contribution < -0.4 is 0 Å². The van der Waals surface area contributed by atoms with Crippen LogP contribution in [0.3, 0.4) is 0 Å². The standard InChI is InChI=1S/C17H26O3/c1-4-20-16(19)10-7-12(2)13-8-9-14-15(18)6-5-11-17(13,14)3/h7,10,12-14H,4-6,8-9,11H2,1-3H3/b10-7+/t12-,13-,14+,17-/m1/s1. The SMILES string of the molecule is CCOC(=O)/C=C/[C@@H](C)[C@H]1CC[C@H]2C(=O)CCC[C@]12C. The van der Waals surface area contributed by atoms with Crippen LogP contribution in [-0.2, 0) is 14.3 Å². The number of hydrogen-bond acceptors (Lipinski definition) is 3. The summed E-state index contributed by atoms with van der Waals surface area (Å²) in [6.07, 6.45) is 8.58. The van der Waals surface area contributed by atoms with Crippen molar-refractivity contribution >= 4 is 11.8 Å². The lowest BCUT2D eigenvalue weighted by molar-refractivity contribution is -0.137. The first-order valence-corrected chi connectivity index (χ1v) is 7.86. The van der Waals surface area contributed by atoms with Crippen LogP contribution in [0.15, 0.2) is 12.2 Å². The maximum absolute atomic E-state index is 12.1. The fourth-order valence-electron chi connectivity index (χ4n) is 4.39. The van der Waals surface area contributed by atoms with E-state index < -0.39 is 0 Å². The largest absolute Gasteiger partial charge is 0.463 e. The van der Waals surface area contributed by atoms with Gasteiger partial charge in [-0.25, -0.2) is 4.79 Å². The van der Waals surface area contributed by atoms with Crippen LogP contribution in [0.25, 0.3) is 0 Å². The average Bonchev–Trinajstić information content (AvgIpc) is 2.75. The number of hydrogen-bond donors (Lipinski definition) is 0. The minimum atomic E-state index is -0.265. The molecule has 2 fully saturated rings. The van der Waals surface area contributed by atoms with Crippen molar-refractivity contribution in [3.8, 4) is 0 Å². The normalized spacial score (nSPS) is 35.0. The molecular weight excluding hydrogens is 252 g/mol. The van der Waals surface area contributed by atoms with Crippen LogP contribution in [-0.4, -0.2) is 18.4 Å². The fourth-order valence-corrected chi connectivity index (χ4v) is 4.39. The molecule has 0 unspecified atom stereocenters. The van der Waals surface area contributed by atoms with Crippen molar-refractivity contribution in [2.45, 2.75) is 52.9 Å². The summed E-state index contributed by atoms with van der Waals surface area (Å²) in [7, 11) is 0. The monoisotopic (exact) mass is 278 g/mol. The Labute approximate surface area is 121 Å². The molecule has 0 bridgehead atoms. The van der Waals surface area contributed by atoms with Crippen molar-refractivity contribution in [1.29, 1.82) is 0 Å². The summed E-state index contributed by atoms with van der Waals surface area (Å²) in [5.74, 6) is 1.27. The lowest BCUT2D eigenvalue weighted by atomic mass is 9.62. The van der Waals surface area contributed by atoms with E-state index in [1.165, 1.54) is 0 Å². The molecule has 0 aliphatic heterocycles. The molecule has 3 nitrogen and oxygen atoms in total. The third-order valence-electron chi connectivity index (χ3n) is 5.39. The van der Waals surface area contributed by atoms with Gasteiger partial charge in [0.2, 0.25) is 0 Å². The van der Waals surface area contributed by atoms with Gasteiger partial charge in [0.25, 0.3) is 0 Å². The fraction of sp³-hybridized carbons (Fsp3) is 0.765. The van der Waals surface area contributed by atoms with E-state index in [1.807, 2.05) is 13.0 Å². The molecule has 0 radical (unpaired) electrons. The van der Waals surface area contributed by atoms with Crippen LogP contribution in [0.1, 0.15) is 52.9 Å². The number of esters is 1. The van der Waals surface area contributed by atoms with Crippen molar-refractivity contribution in [3.63, 3.8) is 0 Å². The maximum Gasteiger partial charge on any atom is 0.330 e. The van der Waals surface area contributed by atoms with E-state index in [-0.39, 0.29) is 17.3 Å². The van der Waals surface area contributed by atoms with Gasteiger partial charge in [0.05, 0.1) is 6.61 Å². The number of rotatable bonds is 4. The van der Waals surface area contributed by atoms with Crippen molar-refractivity contribution in [3.05, 3.63) is 12.2 Å². The van der Waals surface area contributed by atoms with Gasteiger partial charge in [0, 0.05) is 18.4 Å². The van der Waals surface area contributed by atoms with E-state index in [2.05, 4.69) is 13.8 Å². The molecule has 20 heavy (non-hydrogen) atoms. The predicted molar refractivity (Wildman–Crippen MR) is 78.1 cm³/mol. The molecule has 3 heteroatoms. The molecule has 0 amide bonds. The molecule has 2 saturated carbocycles. The summed E-state index contributed by atoms with van der Waals surface area (Å²) >= 11 is 0. The van der Waals surface area contributed by atoms with Crippen LogP contribution in [0.2, 0.25) is 0 Å². The Kier molecular flexibility index (Phi) is 4.66. The van der Waals surface area contributed by atoms with Crippen LogP contribution in [0.5, 0.6) is 0 Å². The predicted octanol–water partition coefficient (Wildman–Crippen LogP) is 3.53. The zero-order chi connectivity index (χ0) is 14.8. The summed E-state index contributed by atoms with van der Waals surface area (Å²) < 4.78 is 4.92. The van der Waals surface area contributed by atoms with Gasteiger partial charge >= 0.3 is 5.97 Å². The Morgan fingerprint density at radius 1 is 1.50 bits per heavy atom. The molecule has 0 N–H and O–H groups in total. The molecule has 2 rings (SSSR count). The number of carbonyl (C=O) groups is 2. The summed E-state index contributed by atoms with van der Waals surface area (Å²) in [6.45, 7) is 6.66. The van der Waals surface area contributed by atoms with Gasteiger partial charge in [-0.05, 0) is 49.9 Å². The maximum atomic E-state index is 12.1. The quantitative estimate of drug-likeness (QED) is 0.583. The van der Waals surface area contributed by atoms with Gasteiger partial charge in [0.1, 0.15) is 5.78 Å². The second-order valence-electron chi connectivity index (χ2n) is 6.53. The highest BCUT2D eigenvalue weighted by Gasteiger charge is 2.51. The smallest absolute Gasteiger partial charge is 0.330 e. The van der Waals surface area contributed by atoms with Crippen LogP contribution in [0, 0.1) is 23.2 Å². The second kappa shape index (κ2) is 6.11. The average molecular weight is 278 g/mol. The van der Waals surface area contributed by atoms with E-state index >= 15 is 0 Å². The summed E-state index contributed by atoms with van der Waals surface area (Å²) in [5, 5.41) is 0. The number of ketones is 1. The first kappa shape index (κ1) is 15.3. The van der Waals surface area contributed by atoms with Gasteiger partial charge in [0.15, 0.2) is 0 Å². The van der Waals surface area contributed by atoms with Gasteiger partial charge in [-0.1, -0.05) is 19.9 Å². The highest BCUT2D eigenvalue weighted by molar-refractivity contribution is 5.83. The van der Waals surface area contributed by atoms with Crippen LogP contribution >= 0.6 is 0 Å². The first-order chi connectivity index (χ1) is 9.49. The first-order valence-electron chi connectivity index (χ1n) is 7.86. The van der Waals surface area contributed by atoms with E-state index in [4.69, 9.17) is 4.74 Å². The molecule has 112 valence electrons. The highest BCUT2D eigenvalue weighted by Crippen LogP contribution is 2.56. The van der Waals surface area contributed by atoms with Crippen molar-refractivity contribution in [1.82, 2.24) is 0 Å². The van der Waals surface area contributed by atoms with E-state index in [0.29, 0.717) is 24.2 Å². The van der Waals surface area contributed by atoms with Crippen molar-refractivity contribution in [2.75, 3.05) is 6.61 Å². The number of ether oxygens (including phenoxy) is 1. The van der Waals surface area contributed by atoms with Crippen molar-refractivity contribution in [2.24, 2.45) is 23.2 Å². The van der Waals surface area contributed by atoms with Gasteiger partial charge in [-0.3, -0.25) is 4.79 Å². The lowest BCUT2D eigenvalue weighted by Gasteiger charge is -2.41. The number of Topliss-reactive ketones (excluding diaryl/α,β-unsaturated/α-hetero) is 1. The molecule has 0 aromatic rings. The molecule has 0 aromatic carbocycles. The second-order valence-corrected chi connectivity index (χ2v) is 6.53. The Morgan fingerprint density at radius 3 is 2.95 bits per heavy atom. The van der Waals surface area contributed by atoms with E-state index in [0.717, 1.165) is 32.1 Å². The Balaban J connectivity index is 2.05. The summed E-state index contributed by atoms with van der Waals surface area (Å²) in [5.41, 5.74) is 0.133. The zero-order valence-electron chi connectivity index (χ0n) is 12.9. The molecule has 4 atom stereocenters. The van der Waals surface area contributed by atoms with Crippen molar-refractivity contribution < 1.29 is 14.3 Å². The molecule has 2 aliphatic carbocycles. The number of carbonyl (C=O) groups excluding carboxylic acids is 2. The number of allylic oxidation sites excluding steroid dienone is 1. The highest BCUT2D eigenvalue weighted by atomic mass is 16.5. The molecule has 0 saturated heterocycles. The number of fused-ring (bicyclic) bond motifs is 1. The Morgan fingerprint density at radius 2 is 2.25 bits per heavy atom.